The van der Waals surface area contributed by atoms with Gasteiger partial charge in [0.15, 0.2) is 0 Å². The van der Waals surface area contributed by atoms with Gasteiger partial charge in [-0.05, 0) is 25.1 Å². The van der Waals surface area contributed by atoms with Crippen molar-refractivity contribution in [3.63, 3.8) is 0 Å². The zero-order valence-electron chi connectivity index (χ0n) is 13.2. The molecule has 0 unspecified atom stereocenters. The summed E-state index contributed by atoms with van der Waals surface area (Å²) in [6, 6.07) is 9.71. The predicted octanol–water partition coefficient (Wildman–Crippen LogP) is 0.980. The van der Waals surface area contributed by atoms with Gasteiger partial charge in [-0.2, -0.15) is 0 Å². The number of hydrogen-bond acceptors (Lipinski definition) is 3. The maximum Gasteiger partial charge on any atom is 0.244 e. The Labute approximate surface area is 131 Å². The minimum atomic E-state index is -0.233. The molecule has 5 nitrogen and oxygen atoms in total. The van der Waals surface area contributed by atoms with Crippen LogP contribution < -0.4 is 5.32 Å². The van der Waals surface area contributed by atoms with E-state index >= 15 is 0 Å². The van der Waals surface area contributed by atoms with Crippen LogP contribution in [-0.2, 0) is 9.59 Å². The lowest BCUT2D eigenvalue weighted by molar-refractivity contribution is -0.133. The second kappa shape index (κ2) is 7.75. The lowest BCUT2D eigenvalue weighted by Gasteiger charge is -2.32. The van der Waals surface area contributed by atoms with Crippen molar-refractivity contribution in [1.82, 2.24) is 15.1 Å². The second-order valence-electron chi connectivity index (χ2n) is 5.60. The van der Waals surface area contributed by atoms with Gasteiger partial charge >= 0.3 is 0 Å². The smallest absolute Gasteiger partial charge is 0.244 e. The topological polar surface area (TPSA) is 52.7 Å². The van der Waals surface area contributed by atoms with E-state index in [9.17, 15) is 9.59 Å². The summed E-state index contributed by atoms with van der Waals surface area (Å²) in [6.45, 7) is 5.16. The van der Waals surface area contributed by atoms with Gasteiger partial charge in [-0.15, -0.1) is 0 Å². The molecule has 0 atom stereocenters. The van der Waals surface area contributed by atoms with E-state index in [1.54, 1.807) is 4.90 Å². The number of nitrogens with zero attached hydrogens (tertiary/aromatic N) is 2. The van der Waals surface area contributed by atoms with E-state index in [2.05, 4.69) is 10.2 Å². The minimum absolute atomic E-state index is 0.0211. The molecule has 5 heteroatoms. The van der Waals surface area contributed by atoms with Gasteiger partial charge in [0.1, 0.15) is 0 Å². The molecule has 1 aromatic rings. The first-order chi connectivity index (χ1) is 10.6. The zero-order valence-corrected chi connectivity index (χ0v) is 13.2. The van der Waals surface area contributed by atoms with Gasteiger partial charge in [0.2, 0.25) is 11.8 Å². The standard InChI is InChI=1S/C17H23N3O2/c1-14(15-6-4-3-5-7-15)12-16(21)18-13-17(22)20-10-8-19(2)9-11-20/h3-7,12H,8-11,13H2,1-2H3,(H,18,21)/b14-12+. The van der Waals surface area contributed by atoms with Crippen LogP contribution in [0.25, 0.3) is 5.57 Å². The number of allylic oxidation sites excluding steroid dienone is 1. The Morgan fingerprint density at radius 2 is 1.77 bits per heavy atom. The van der Waals surface area contributed by atoms with Gasteiger partial charge in [0, 0.05) is 32.3 Å². The third-order valence-electron chi connectivity index (χ3n) is 3.85. The SMILES string of the molecule is C/C(=C\C(=O)NCC(=O)N1CCN(C)CC1)c1ccccc1. The molecule has 2 rings (SSSR count). The number of hydrogen-bond donors (Lipinski definition) is 1. The van der Waals surface area contributed by atoms with Gasteiger partial charge in [-0.3, -0.25) is 9.59 Å². The fourth-order valence-corrected chi connectivity index (χ4v) is 2.36. The Bertz CT molecular complexity index is 546. The molecule has 0 aliphatic carbocycles. The molecule has 1 saturated heterocycles. The Morgan fingerprint density at radius 1 is 1.14 bits per heavy atom. The fraction of sp³-hybridized carbons (Fsp3) is 0.412. The molecule has 1 heterocycles. The Balaban J connectivity index is 1.81. The highest BCUT2D eigenvalue weighted by Crippen LogP contribution is 2.12. The quantitative estimate of drug-likeness (QED) is 0.844. The van der Waals surface area contributed by atoms with Crippen LogP contribution in [0.4, 0.5) is 0 Å². The number of carbonyl (C=O) groups is 2. The molecule has 1 fully saturated rings. The number of nitrogens with one attached hydrogen (secondary N) is 1. The number of piperazine rings is 1. The Morgan fingerprint density at radius 3 is 2.41 bits per heavy atom. The highest BCUT2D eigenvalue weighted by Gasteiger charge is 2.18. The molecule has 0 spiro atoms. The summed E-state index contributed by atoms with van der Waals surface area (Å²) in [6.07, 6.45) is 1.53. The first-order valence-electron chi connectivity index (χ1n) is 7.54. The lowest BCUT2D eigenvalue weighted by Crippen LogP contribution is -2.49. The van der Waals surface area contributed by atoms with Crippen LogP contribution in [0.1, 0.15) is 12.5 Å². The van der Waals surface area contributed by atoms with Gasteiger partial charge < -0.3 is 15.1 Å². The number of likely N-dealkylation sites (N-methyl/N-ethyl adjacent to an activating group) is 1. The normalized spacial score (nSPS) is 16.5. The Hall–Kier alpha value is -2.14. The number of benzene rings is 1. The van der Waals surface area contributed by atoms with Crippen molar-refractivity contribution >= 4 is 17.4 Å². The fourth-order valence-electron chi connectivity index (χ4n) is 2.36. The number of amides is 2. The van der Waals surface area contributed by atoms with Crippen LogP contribution in [0.3, 0.4) is 0 Å². The molecular formula is C17H23N3O2. The monoisotopic (exact) mass is 301 g/mol. The highest BCUT2D eigenvalue weighted by atomic mass is 16.2. The zero-order chi connectivity index (χ0) is 15.9. The summed E-state index contributed by atoms with van der Waals surface area (Å²) >= 11 is 0. The molecule has 1 aromatic carbocycles. The van der Waals surface area contributed by atoms with Crippen molar-refractivity contribution in [2.45, 2.75) is 6.92 Å². The van der Waals surface area contributed by atoms with E-state index in [1.807, 2.05) is 44.3 Å². The van der Waals surface area contributed by atoms with Crippen molar-refractivity contribution in [1.29, 1.82) is 0 Å². The second-order valence-corrected chi connectivity index (χ2v) is 5.60. The molecule has 118 valence electrons. The van der Waals surface area contributed by atoms with E-state index in [0.717, 1.165) is 37.3 Å². The van der Waals surface area contributed by atoms with Crippen LogP contribution >= 0.6 is 0 Å². The van der Waals surface area contributed by atoms with Gasteiger partial charge in [-0.25, -0.2) is 0 Å². The molecular weight excluding hydrogens is 278 g/mol. The molecule has 0 bridgehead atoms. The van der Waals surface area contributed by atoms with Gasteiger partial charge in [0.25, 0.3) is 0 Å². The maximum atomic E-state index is 12.0. The summed E-state index contributed by atoms with van der Waals surface area (Å²) in [5.41, 5.74) is 1.88. The van der Waals surface area contributed by atoms with Crippen LogP contribution in [0, 0.1) is 0 Å². The van der Waals surface area contributed by atoms with E-state index in [1.165, 1.54) is 6.08 Å². The summed E-state index contributed by atoms with van der Waals surface area (Å²) in [5, 5.41) is 2.67. The molecule has 0 aromatic heterocycles. The molecule has 1 N–H and O–H groups in total. The van der Waals surface area contributed by atoms with Crippen LogP contribution in [-0.4, -0.2) is 61.4 Å². The van der Waals surface area contributed by atoms with Crippen molar-refractivity contribution in [3.05, 3.63) is 42.0 Å². The van der Waals surface area contributed by atoms with Crippen molar-refractivity contribution < 1.29 is 9.59 Å². The summed E-state index contributed by atoms with van der Waals surface area (Å²) in [7, 11) is 2.04. The molecule has 2 amide bonds. The molecule has 1 aliphatic heterocycles. The molecule has 0 radical (unpaired) electrons. The van der Waals surface area contributed by atoms with Crippen molar-refractivity contribution in [2.75, 3.05) is 39.8 Å². The van der Waals surface area contributed by atoms with Crippen LogP contribution in [0.15, 0.2) is 36.4 Å². The Kier molecular flexibility index (Phi) is 5.72. The summed E-state index contributed by atoms with van der Waals surface area (Å²) < 4.78 is 0. The summed E-state index contributed by atoms with van der Waals surface area (Å²) in [4.78, 5) is 27.9. The van der Waals surface area contributed by atoms with Crippen LogP contribution in [0.5, 0.6) is 0 Å². The third-order valence-corrected chi connectivity index (χ3v) is 3.85. The van der Waals surface area contributed by atoms with Crippen molar-refractivity contribution in [2.24, 2.45) is 0 Å². The number of carbonyl (C=O) groups excluding carboxylic acids is 2. The average Bonchev–Trinajstić information content (AvgIpc) is 2.54. The van der Waals surface area contributed by atoms with Gasteiger partial charge in [-0.1, -0.05) is 30.3 Å². The number of rotatable bonds is 4. The first-order valence-corrected chi connectivity index (χ1v) is 7.54. The first kappa shape index (κ1) is 16.2. The van der Waals surface area contributed by atoms with Crippen LogP contribution in [0.2, 0.25) is 0 Å². The summed E-state index contributed by atoms with van der Waals surface area (Å²) in [5.74, 6) is -0.254. The molecule has 22 heavy (non-hydrogen) atoms. The van der Waals surface area contributed by atoms with E-state index in [0.29, 0.717) is 0 Å². The maximum absolute atomic E-state index is 12.0. The van der Waals surface area contributed by atoms with Gasteiger partial charge in [0.05, 0.1) is 6.54 Å². The average molecular weight is 301 g/mol. The van der Waals surface area contributed by atoms with E-state index in [4.69, 9.17) is 0 Å². The highest BCUT2D eigenvalue weighted by molar-refractivity contribution is 5.96. The predicted molar refractivity (Wildman–Crippen MR) is 87.2 cm³/mol. The van der Waals surface area contributed by atoms with E-state index in [-0.39, 0.29) is 18.4 Å². The molecule has 0 saturated carbocycles. The lowest BCUT2D eigenvalue weighted by atomic mass is 10.1. The third kappa shape index (κ3) is 4.70. The largest absolute Gasteiger partial charge is 0.343 e. The molecule has 1 aliphatic rings. The van der Waals surface area contributed by atoms with Crippen molar-refractivity contribution in [3.8, 4) is 0 Å². The van der Waals surface area contributed by atoms with E-state index < -0.39 is 0 Å². The minimum Gasteiger partial charge on any atom is -0.343 e.